The van der Waals surface area contributed by atoms with Crippen molar-refractivity contribution < 1.29 is 14.3 Å². The van der Waals surface area contributed by atoms with Crippen LogP contribution in [0.3, 0.4) is 0 Å². The molecule has 0 radical (unpaired) electrons. The molecule has 0 spiro atoms. The van der Waals surface area contributed by atoms with Crippen LogP contribution < -0.4 is 4.74 Å². The summed E-state index contributed by atoms with van der Waals surface area (Å²) in [5.74, 6) is 1.01. The third kappa shape index (κ3) is 5.12. The number of hydrogen-bond donors (Lipinski definition) is 0. The van der Waals surface area contributed by atoms with Gasteiger partial charge in [0, 0.05) is 5.92 Å². The van der Waals surface area contributed by atoms with E-state index >= 15 is 0 Å². The predicted octanol–water partition coefficient (Wildman–Crippen LogP) is 5.64. The van der Waals surface area contributed by atoms with Gasteiger partial charge in [0.15, 0.2) is 0 Å². The highest BCUT2D eigenvalue weighted by Gasteiger charge is 2.44. The van der Waals surface area contributed by atoms with Crippen LogP contribution in [0.25, 0.3) is 0 Å². The molecule has 3 nitrogen and oxygen atoms in total. The summed E-state index contributed by atoms with van der Waals surface area (Å²) in [5, 5.41) is 0. The Bertz CT molecular complexity index is 723. The lowest BCUT2D eigenvalue weighted by molar-refractivity contribution is -0.157. The number of carbonyl (C=O) groups excluding carboxylic acids is 1. The van der Waals surface area contributed by atoms with Gasteiger partial charge in [0.05, 0.1) is 19.1 Å². The first-order valence-corrected chi connectivity index (χ1v) is 9.76. The van der Waals surface area contributed by atoms with E-state index < -0.39 is 5.41 Å². The molecule has 0 saturated heterocycles. The van der Waals surface area contributed by atoms with E-state index in [0.717, 1.165) is 24.2 Å². The fourth-order valence-corrected chi connectivity index (χ4v) is 3.99. The van der Waals surface area contributed by atoms with Crippen molar-refractivity contribution in [1.82, 2.24) is 0 Å². The number of hydrogen-bond acceptors (Lipinski definition) is 3. The fourth-order valence-electron chi connectivity index (χ4n) is 3.99. The molecule has 0 aromatic heterocycles. The van der Waals surface area contributed by atoms with Crippen LogP contribution >= 0.6 is 0 Å². The lowest BCUT2D eigenvalue weighted by Gasteiger charge is -2.38. The van der Waals surface area contributed by atoms with Gasteiger partial charge in [0.1, 0.15) is 5.75 Å². The van der Waals surface area contributed by atoms with Crippen molar-refractivity contribution in [3.8, 4) is 5.75 Å². The zero-order chi connectivity index (χ0) is 19.9. The number of carbonyl (C=O) groups is 1. The summed E-state index contributed by atoms with van der Waals surface area (Å²) in [6, 6.07) is 18.3. The molecule has 0 amide bonds. The molecule has 0 heterocycles. The Balaban J connectivity index is 2.58. The zero-order valence-corrected chi connectivity index (χ0v) is 17.2. The van der Waals surface area contributed by atoms with E-state index in [1.165, 1.54) is 5.56 Å². The summed E-state index contributed by atoms with van der Waals surface area (Å²) in [4.78, 5) is 13.1. The number of esters is 1. The van der Waals surface area contributed by atoms with Gasteiger partial charge in [-0.25, -0.2) is 0 Å². The molecule has 0 bridgehead atoms. The van der Waals surface area contributed by atoms with Crippen LogP contribution in [0.15, 0.2) is 54.6 Å². The summed E-state index contributed by atoms with van der Waals surface area (Å²) in [7, 11) is 1.68. The third-order valence-electron chi connectivity index (χ3n) is 5.14. The second kappa shape index (κ2) is 9.59. The van der Waals surface area contributed by atoms with Gasteiger partial charge >= 0.3 is 5.97 Å². The normalized spacial score (nSPS) is 14.4. The minimum absolute atomic E-state index is 0.0440. The maximum Gasteiger partial charge on any atom is 0.312 e. The largest absolute Gasteiger partial charge is 0.496 e. The minimum atomic E-state index is -0.644. The number of benzene rings is 2. The van der Waals surface area contributed by atoms with E-state index in [1.807, 2.05) is 50.2 Å². The molecule has 0 aliphatic rings. The van der Waals surface area contributed by atoms with Gasteiger partial charge in [-0.05, 0) is 49.8 Å². The van der Waals surface area contributed by atoms with E-state index in [4.69, 9.17) is 9.47 Å². The molecular weight excluding hydrogens is 336 g/mol. The molecule has 0 aliphatic carbocycles. The van der Waals surface area contributed by atoms with E-state index in [2.05, 4.69) is 32.0 Å². The van der Waals surface area contributed by atoms with E-state index in [0.29, 0.717) is 12.5 Å². The van der Waals surface area contributed by atoms with E-state index in [1.54, 1.807) is 7.11 Å². The molecule has 0 fully saturated rings. The van der Waals surface area contributed by atoms with Crippen molar-refractivity contribution in [2.45, 2.75) is 46.5 Å². The molecule has 0 N–H and O–H groups in total. The van der Waals surface area contributed by atoms with Crippen molar-refractivity contribution >= 4 is 5.97 Å². The van der Waals surface area contributed by atoms with Crippen LogP contribution in [0.2, 0.25) is 0 Å². The van der Waals surface area contributed by atoms with Crippen LogP contribution in [-0.4, -0.2) is 19.7 Å². The maximum absolute atomic E-state index is 13.1. The van der Waals surface area contributed by atoms with Gasteiger partial charge in [-0.15, -0.1) is 0 Å². The lowest BCUT2D eigenvalue weighted by Crippen LogP contribution is -2.38. The highest BCUT2D eigenvalue weighted by atomic mass is 16.5. The van der Waals surface area contributed by atoms with E-state index in [-0.39, 0.29) is 11.9 Å². The van der Waals surface area contributed by atoms with Crippen LogP contribution in [0.4, 0.5) is 0 Å². The molecule has 2 atom stereocenters. The number of rotatable bonds is 9. The standard InChI is InChI=1S/C24H32O3/c1-6-27-23(25)24(4,17-18(2)3)21(16-19-12-8-7-9-13-19)20-14-10-11-15-22(20)26-5/h7-15,18,21H,6,16-17H2,1-5H3. The second-order valence-electron chi connectivity index (χ2n) is 7.72. The average molecular weight is 369 g/mol. The molecule has 0 aliphatic heterocycles. The molecule has 2 unspecified atom stereocenters. The molecule has 27 heavy (non-hydrogen) atoms. The molecule has 0 saturated carbocycles. The highest BCUT2D eigenvalue weighted by molar-refractivity contribution is 5.78. The second-order valence-corrected chi connectivity index (χ2v) is 7.72. The summed E-state index contributed by atoms with van der Waals surface area (Å²) >= 11 is 0. The van der Waals surface area contributed by atoms with Crippen molar-refractivity contribution in [1.29, 1.82) is 0 Å². The molecule has 2 aromatic rings. The Labute approximate surface area is 163 Å². The first-order chi connectivity index (χ1) is 12.9. The third-order valence-corrected chi connectivity index (χ3v) is 5.14. The quantitative estimate of drug-likeness (QED) is 0.538. The smallest absolute Gasteiger partial charge is 0.312 e. The Kier molecular flexibility index (Phi) is 7.46. The average Bonchev–Trinajstić information content (AvgIpc) is 2.66. The van der Waals surface area contributed by atoms with Crippen molar-refractivity contribution in [2.24, 2.45) is 11.3 Å². The molecule has 2 aromatic carbocycles. The molecule has 3 heteroatoms. The summed E-state index contributed by atoms with van der Waals surface area (Å²) in [5.41, 5.74) is 1.61. The van der Waals surface area contributed by atoms with Gasteiger partial charge in [-0.2, -0.15) is 0 Å². The number of methoxy groups -OCH3 is 1. The Morgan fingerprint density at radius 3 is 2.26 bits per heavy atom. The van der Waals surface area contributed by atoms with Crippen LogP contribution in [0.5, 0.6) is 5.75 Å². The van der Waals surface area contributed by atoms with Crippen LogP contribution in [-0.2, 0) is 16.0 Å². The van der Waals surface area contributed by atoms with Crippen molar-refractivity contribution in [3.63, 3.8) is 0 Å². The van der Waals surface area contributed by atoms with Crippen molar-refractivity contribution in [2.75, 3.05) is 13.7 Å². The Morgan fingerprint density at radius 2 is 1.67 bits per heavy atom. The summed E-state index contributed by atoms with van der Waals surface area (Å²) in [6.07, 6.45) is 1.50. The SMILES string of the molecule is CCOC(=O)C(C)(CC(C)C)C(Cc1ccccc1)c1ccccc1OC. The lowest BCUT2D eigenvalue weighted by atomic mass is 9.66. The van der Waals surface area contributed by atoms with Gasteiger partial charge < -0.3 is 9.47 Å². The zero-order valence-electron chi connectivity index (χ0n) is 17.2. The maximum atomic E-state index is 13.1. The first-order valence-electron chi connectivity index (χ1n) is 9.76. The Morgan fingerprint density at radius 1 is 1.04 bits per heavy atom. The van der Waals surface area contributed by atoms with E-state index in [9.17, 15) is 4.79 Å². The van der Waals surface area contributed by atoms with Crippen LogP contribution in [0.1, 0.15) is 51.2 Å². The van der Waals surface area contributed by atoms with Gasteiger partial charge in [0.25, 0.3) is 0 Å². The van der Waals surface area contributed by atoms with Gasteiger partial charge in [0.2, 0.25) is 0 Å². The number of para-hydroxylation sites is 1. The molecular formula is C24H32O3. The summed E-state index contributed by atoms with van der Waals surface area (Å²) < 4.78 is 11.2. The Hall–Kier alpha value is -2.29. The first kappa shape index (κ1) is 21.0. The number of ether oxygens (including phenoxy) is 2. The molecule has 146 valence electrons. The predicted molar refractivity (Wildman–Crippen MR) is 110 cm³/mol. The van der Waals surface area contributed by atoms with Gasteiger partial charge in [-0.1, -0.05) is 62.4 Å². The minimum Gasteiger partial charge on any atom is -0.496 e. The summed E-state index contributed by atoms with van der Waals surface area (Å²) in [6.45, 7) is 8.60. The van der Waals surface area contributed by atoms with Crippen molar-refractivity contribution in [3.05, 3.63) is 65.7 Å². The highest BCUT2D eigenvalue weighted by Crippen LogP contribution is 2.46. The topological polar surface area (TPSA) is 35.5 Å². The fraction of sp³-hybridized carbons (Fsp3) is 0.458. The molecule has 2 rings (SSSR count). The monoisotopic (exact) mass is 368 g/mol. The van der Waals surface area contributed by atoms with Crippen LogP contribution in [0, 0.1) is 11.3 Å². The van der Waals surface area contributed by atoms with Gasteiger partial charge in [-0.3, -0.25) is 4.79 Å².